The molecule has 0 unspecified atom stereocenters. The van der Waals surface area contributed by atoms with Gasteiger partial charge < -0.3 is 20.5 Å². The van der Waals surface area contributed by atoms with Crippen molar-refractivity contribution in [3.63, 3.8) is 0 Å². The number of hydrogen-bond acceptors (Lipinski definition) is 4. The van der Waals surface area contributed by atoms with Crippen molar-refractivity contribution >= 4 is 18.0 Å². The molecule has 3 N–H and O–H groups in total. The third kappa shape index (κ3) is 9.08. The smallest absolute Gasteiger partial charge is 0.408 e. The van der Waals surface area contributed by atoms with Crippen LogP contribution >= 0.6 is 0 Å². The molecule has 0 saturated heterocycles. The van der Waals surface area contributed by atoms with Crippen LogP contribution in [0.2, 0.25) is 0 Å². The van der Waals surface area contributed by atoms with E-state index in [2.05, 4.69) is 10.6 Å². The Morgan fingerprint density at radius 1 is 0.963 bits per heavy atom. The molecule has 0 fully saturated rings. The van der Waals surface area contributed by atoms with Gasteiger partial charge in [-0.05, 0) is 18.4 Å². The van der Waals surface area contributed by atoms with Gasteiger partial charge in [0.2, 0.25) is 5.91 Å². The fourth-order valence-corrected chi connectivity index (χ4v) is 2.52. The molecular weight excluding hydrogens is 348 g/mol. The monoisotopic (exact) mass is 378 g/mol. The zero-order valence-corrected chi connectivity index (χ0v) is 16.1. The van der Waals surface area contributed by atoms with Crippen molar-refractivity contribution in [1.29, 1.82) is 0 Å². The highest BCUT2D eigenvalue weighted by molar-refractivity contribution is 5.89. The summed E-state index contributed by atoms with van der Waals surface area (Å²) in [4.78, 5) is 35.9. The SMILES string of the molecule is CCCC[C@H](NC(=O)[C@H](CCCC)NC(=O)OCc1ccccc1)C(=O)O. The Balaban J connectivity index is 2.62. The first-order valence-corrected chi connectivity index (χ1v) is 9.48. The van der Waals surface area contributed by atoms with Crippen molar-refractivity contribution in [2.45, 2.75) is 71.1 Å². The van der Waals surface area contributed by atoms with Crippen LogP contribution in [0.5, 0.6) is 0 Å². The van der Waals surface area contributed by atoms with Crippen LogP contribution in [0.1, 0.15) is 57.9 Å². The van der Waals surface area contributed by atoms with Crippen molar-refractivity contribution < 1.29 is 24.2 Å². The Morgan fingerprint density at radius 3 is 2.11 bits per heavy atom. The second kappa shape index (κ2) is 12.7. The third-order valence-electron chi connectivity index (χ3n) is 4.13. The van der Waals surface area contributed by atoms with E-state index in [1.165, 1.54) is 0 Å². The highest BCUT2D eigenvalue weighted by Gasteiger charge is 2.26. The number of benzene rings is 1. The predicted molar refractivity (Wildman–Crippen MR) is 102 cm³/mol. The van der Waals surface area contributed by atoms with E-state index >= 15 is 0 Å². The number of carboxylic acid groups (broad SMARTS) is 1. The van der Waals surface area contributed by atoms with Crippen LogP contribution in [-0.4, -0.2) is 35.2 Å². The minimum atomic E-state index is -1.07. The quantitative estimate of drug-likeness (QED) is 0.518. The van der Waals surface area contributed by atoms with Crippen LogP contribution in [0.25, 0.3) is 0 Å². The first-order valence-electron chi connectivity index (χ1n) is 9.48. The standard InChI is InChI=1S/C20H30N2O5/c1-3-5-12-16(18(23)21-17(19(24)25)13-6-4-2)22-20(26)27-14-15-10-8-7-9-11-15/h7-11,16-17H,3-6,12-14H2,1-2H3,(H,21,23)(H,22,26)(H,24,25)/t16-,17-/m0/s1. The Morgan fingerprint density at radius 2 is 1.56 bits per heavy atom. The molecule has 0 bridgehead atoms. The molecule has 0 aromatic heterocycles. The largest absolute Gasteiger partial charge is 0.480 e. The molecule has 7 nitrogen and oxygen atoms in total. The molecule has 150 valence electrons. The van der Waals surface area contributed by atoms with Crippen LogP contribution in [0.4, 0.5) is 4.79 Å². The van der Waals surface area contributed by atoms with E-state index in [9.17, 15) is 19.5 Å². The van der Waals surface area contributed by atoms with Gasteiger partial charge in [0, 0.05) is 0 Å². The number of carbonyl (C=O) groups is 3. The molecule has 0 aliphatic carbocycles. The number of aliphatic carboxylic acids is 1. The molecule has 7 heteroatoms. The molecule has 0 aliphatic rings. The van der Waals surface area contributed by atoms with Crippen LogP contribution in [0.3, 0.4) is 0 Å². The van der Waals surface area contributed by atoms with Gasteiger partial charge in [0.15, 0.2) is 0 Å². The third-order valence-corrected chi connectivity index (χ3v) is 4.13. The van der Waals surface area contributed by atoms with Gasteiger partial charge in [-0.2, -0.15) is 0 Å². The maximum atomic E-state index is 12.5. The Kier molecular flexibility index (Phi) is 10.6. The van der Waals surface area contributed by atoms with Gasteiger partial charge in [-0.1, -0.05) is 69.9 Å². The van der Waals surface area contributed by atoms with E-state index in [1.807, 2.05) is 44.2 Å². The predicted octanol–water partition coefficient (Wildman–Crippen LogP) is 3.23. The maximum Gasteiger partial charge on any atom is 0.408 e. The van der Waals surface area contributed by atoms with E-state index in [1.54, 1.807) is 0 Å². The van der Waals surface area contributed by atoms with Crippen LogP contribution < -0.4 is 10.6 Å². The number of carbonyl (C=O) groups excluding carboxylic acids is 2. The minimum absolute atomic E-state index is 0.100. The number of unbranched alkanes of at least 4 members (excludes halogenated alkanes) is 2. The summed E-state index contributed by atoms with van der Waals surface area (Å²) >= 11 is 0. The molecule has 0 heterocycles. The lowest BCUT2D eigenvalue weighted by atomic mass is 10.1. The zero-order chi connectivity index (χ0) is 20.1. The van der Waals surface area contributed by atoms with E-state index in [0.717, 1.165) is 24.8 Å². The summed E-state index contributed by atoms with van der Waals surface area (Å²) in [5, 5.41) is 14.4. The Hall–Kier alpha value is -2.57. The fraction of sp³-hybridized carbons (Fsp3) is 0.550. The van der Waals surface area contributed by atoms with Gasteiger partial charge in [-0.25, -0.2) is 9.59 Å². The average Bonchev–Trinajstić information content (AvgIpc) is 2.67. The first kappa shape index (κ1) is 22.5. The van der Waals surface area contributed by atoms with Crippen LogP contribution in [0, 0.1) is 0 Å². The molecule has 0 spiro atoms. The van der Waals surface area contributed by atoms with Crippen molar-refractivity contribution in [3.8, 4) is 0 Å². The van der Waals surface area contributed by atoms with Crippen molar-refractivity contribution in [3.05, 3.63) is 35.9 Å². The van der Waals surface area contributed by atoms with E-state index in [0.29, 0.717) is 19.3 Å². The summed E-state index contributed by atoms with van der Waals surface area (Å²) in [5.41, 5.74) is 0.840. The first-order chi connectivity index (χ1) is 13.0. The summed E-state index contributed by atoms with van der Waals surface area (Å²) in [5.74, 6) is -1.57. The van der Waals surface area contributed by atoms with Crippen molar-refractivity contribution in [2.75, 3.05) is 0 Å². The second-order valence-corrected chi connectivity index (χ2v) is 6.44. The average molecular weight is 378 g/mol. The Bertz CT molecular complexity index is 591. The van der Waals surface area contributed by atoms with E-state index in [4.69, 9.17) is 4.74 Å². The van der Waals surface area contributed by atoms with Gasteiger partial charge in [0.1, 0.15) is 18.7 Å². The summed E-state index contributed by atoms with van der Waals surface area (Å²) in [6.45, 7) is 4.03. The maximum absolute atomic E-state index is 12.5. The van der Waals surface area contributed by atoms with Gasteiger partial charge in [0.25, 0.3) is 0 Å². The van der Waals surface area contributed by atoms with Crippen molar-refractivity contribution in [2.24, 2.45) is 0 Å². The lowest BCUT2D eigenvalue weighted by Gasteiger charge is -2.21. The lowest BCUT2D eigenvalue weighted by molar-refractivity contribution is -0.142. The number of rotatable bonds is 12. The summed E-state index contributed by atoms with van der Waals surface area (Å²) in [7, 11) is 0. The van der Waals surface area contributed by atoms with Crippen LogP contribution in [0.15, 0.2) is 30.3 Å². The molecule has 0 saturated carbocycles. The van der Waals surface area contributed by atoms with Crippen molar-refractivity contribution in [1.82, 2.24) is 10.6 Å². The summed E-state index contributed by atoms with van der Waals surface area (Å²) in [6.07, 6.45) is 3.19. The minimum Gasteiger partial charge on any atom is -0.480 e. The highest BCUT2D eigenvalue weighted by Crippen LogP contribution is 2.06. The lowest BCUT2D eigenvalue weighted by Crippen LogP contribution is -2.51. The number of ether oxygens (including phenoxy) is 1. The molecule has 1 aromatic rings. The molecule has 1 aromatic carbocycles. The number of hydrogen-bond donors (Lipinski definition) is 3. The molecule has 0 aliphatic heterocycles. The van der Waals surface area contributed by atoms with Gasteiger partial charge in [-0.15, -0.1) is 0 Å². The molecule has 2 amide bonds. The molecule has 0 radical (unpaired) electrons. The van der Waals surface area contributed by atoms with E-state index in [-0.39, 0.29) is 6.61 Å². The van der Waals surface area contributed by atoms with Gasteiger partial charge in [-0.3, -0.25) is 4.79 Å². The fourth-order valence-electron chi connectivity index (χ4n) is 2.52. The number of amides is 2. The number of nitrogens with one attached hydrogen (secondary N) is 2. The molecule has 2 atom stereocenters. The summed E-state index contributed by atoms with van der Waals surface area (Å²) < 4.78 is 5.16. The normalized spacial score (nSPS) is 12.7. The summed E-state index contributed by atoms with van der Waals surface area (Å²) in [6, 6.07) is 7.44. The second-order valence-electron chi connectivity index (χ2n) is 6.44. The van der Waals surface area contributed by atoms with Crippen LogP contribution in [-0.2, 0) is 20.9 Å². The molecule has 27 heavy (non-hydrogen) atoms. The number of carboxylic acids is 1. The van der Waals surface area contributed by atoms with E-state index < -0.39 is 30.1 Å². The topological polar surface area (TPSA) is 105 Å². The number of alkyl carbamates (subject to hydrolysis) is 1. The zero-order valence-electron chi connectivity index (χ0n) is 16.1. The molecule has 1 rings (SSSR count). The Labute approximate surface area is 160 Å². The highest BCUT2D eigenvalue weighted by atomic mass is 16.5. The van der Waals surface area contributed by atoms with Gasteiger partial charge >= 0.3 is 12.1 Å². The molecular formula is C20H30N2O5. The van der Waals surface area contributed by atoms with Gasteiger partial charge in [0.05, 0.1) is 0 Å².